The van der Waals surface area contributed by atoms with Crippen LogP contribution in [0.3, 0.4) is 0 Å². The zero-order chi connectivity index (χ0) is 48.5. The first-order valence-electron chi connectivity index (χ1n) is 28.7. The van der Waals surface area contributed by atoms with Gasteiger partial charge in [0, 0.05) is 6.42 Å². The number of aliphatic hydroxyl groups is 1. The summed E-state index contributed by atoms with van der Waals surface area (Å²) in [4.78, 5) is 25.5. The van der Waals surface area contributed by atoms with E-state index in [0.717, 1.165) is 44.9 Å². The molecule has 9 heteroatoms. The normalized spacial score (nSPS) is 14.1. The molecule has 0 aliphatic carbocycles. The zero-order valence-corrected chi connectivity index (χ0v) is 45.6. The fourth-order valence-electron chi connectivity index (χ4n) is 8.66. The molecule has 0 aliphatic rings. The number of phosphoric acid groups is 1. The molecule has 2 N–H and O–H groups in total. The predicted molar refractivity (Wildman–Crippen MR) is 284 cm³/mol. The summed E-state index contributed by atoms with van der Waals surface area (Å²) < 4.78 is 23.4. The summed E-state index contributed by atoms with van der Waals surface area (Å²) in [5, 5.41) is 14.0. The summed E-state index contributed by atoms with van der Waals surface area (Å²) in [5.74, 6) is -0.165. The van der Waals surface area contributed by atoms with E-state index in [1.54, 1.807) is 0 Å². The van der Waals surface area contributed by atoms with Gasteiger partial charge in [0.15, 0.2) is 0 Å². The van der Waals surface area contributed by atoms with E-state index in [2.05, 4.69) is 43.5 Å². The van der Waals surface area contributed by atoms with Crippen molar-refractivity contribution >= 4 is 13.7 Å². The Balaban J connectivity index is 4.17. The quantitative estimate of drug-likeness (QED) is 0.0272. The van der Waals surface area contributed by atoms with Crippen molar-refractivity contribution in [2.75, 3.05) is 40.9 Å². The Morgan fingerprint density at radius 3 is 1.26 bits per heavy atom. The maximum atomic E-state index is 13.0. The molecule has 0 rings (SSSR count). The fraction of sp³-hybridized carbons (Fsp3) is 0.912. The van der Waals surface area contributed by atoms with Crippen LogP contribution in [-0.4, -0.2) is 68.5 Å². The third kappa shape index (κ3) is 50.8. The standard InChI is InChI=1S/C57H113N2O6P/c1-6-8-10-12-14-16-18-20-22-24-26-28-29-31-32-34-36-38-40-42-44-46-48-50-56(60)55(54-65-66(62,63)64-53-52-59(3,4)5)58-57(61)51-49-47-45-43-41-39-37-35-33-30-27-25-23-21-19-17-15-13-11-9-7-2/h19,21,25,27,55-56,60H,6-18,20,22-24,26,28-54H2,1-5H3,(H-,58,61,62,63)/b21-19-,27-25-. The molecule has 3 unspecified atom stereocenters. The first kappa shape index (κ1) is 65.0. The number of hydrogen-bond acceptors (Lipinski definition) is 6. The zero-order valence-electron chi connectivity index (χ0n) is 44.7. The van der Waals surface area contributed by atoms with Crippen LogP contribution in [0, 0.1) is 0 Å². The first-order chi connectivity index (χ1) is 32.0. The number of amides is 1. The number of likely N-dealkylation sites (N-methyl/N-ethyl adjacent to an activating group) is 1. The Morgan fingerprint density at radius 2 is 0.879 bits per heavy atom. The molecule has 0 aromatic carbocycles. The van der Waals surface area contributed by atoms with Crippen LogP contribution in [0.25, 0.3) is 0 Å². The summed E-state index contributed by atoms with van der Waals surface area (Å²) in [5.41, 5.74) is 0. The van der Waals surface area contributed by atoms with Crippen LogP contribution < -0.4 is 10.2 Å². The average Bonchev–Trinajstić information content (AvgIpc) is 3.28. The van der Waals surface area contributed by atoms with Gasteiger partial charge >= 0.3 is 0 Å². The van der Waals surface area contributed by atoms with Crippen LogP contribution in [0.15, 0.2) is 24.3 Å². The predicted octanol–water partition coefficient (Wildman–Crippen LogP) is 16.6. The number of quaternary nitrogens is 1. The molecular formula is C57H113N2O6P. The summed E-state index contributed by atoms with van der Waals surface area (Å²) >= 11 is 0. The maximum Gasteiger partial charge on any atom is 0.268 e. The van der Waals surface area contributed by atoms with Gasteiger partial charge in [0.2, 0.25) is 5.91 Å². The minimum Gasteiger partial charge on any atom is -0.756 e. The number of aliphatic hydroxyl groups excluding tert-OH is 1. The highest BCUT2D eigenvalue weighted by molar-refractivity contribution is 7.45. The van der Waals surface area contributed by atoms with Gasteiger partial charge in [-0.2, -0.15) is 0 Å². The van der Waals surface area contributed by atoms with Crippen molar-refractivity contribution in [3.63, 3.8) is 0 Å². The van der Waals surface area contributed by atoms with E-state index in [1.807, 2.05) is 21.1 Å². The SMILES string of the molecule is CCCCCCC/C=C\C/C=C\CCCCCCCCCCCC(=O)NC(COP(=O)([O-])OCC[N+](C)(C)C)C(O)CCCCCCCCCCCCCCCCCCCCCCCCC. The first-order valence-corrected chi connectivity index (χ1v) is 30.1. The second-order valence-electron chi connectivity index (χ2n) is 21.0. The molecule has 392 valence electrons. The number of nitrogens with zero attached hydrogens (tertiary/aromatic N) is 1. The van der Waals surface area contributed by atoms with Crippen LogP contribution >= 0.6 is 7.82 Å². The van der Waals surface area contributed by atoms with Crippen molar-refractivity contribution in [2.45, 2.75) is 296 Å². The number of unbranched alkanes of at least 4 members (excludes halogenated alkanes) is 36. The third-order valence-electron chi connectivity index (χ3n) is 13.2. The van der Waals surface area contributed by atoms with Crippen molar-refractivity contribution in [2.24, 2.45) is 0 Å². The van der Waals surface area contributed by atoms with E-state index in [9.17, 15) is 19.4 Å². The van der Waals surface area contributed by atoms with Gasteiger partial charge in [-0.3, -0.25) is 9.36 Å². The Labute approximate surface area is 411 Å². The molecule has 0 aromatic heterocycles. The van der Waals surface area contributed by atoms with Gasteiger partial charge in [-0.05, 0) is 44.9 Å². The number of rotatable bonds is 53. The van der Waals surface area contributed by atoms with Crippen molar-refractivity contribution in [3.05, 3.63) is 24.3 Å². The summed E-state index contributed by atoms with van der Waals surface area (Å²) in [6.45, 7) is 4.75. The molecule has 0 spiro atoms. The van der Waals surface area contributed by atoms with Crippen LogP contribution in [-0.2, 0) is 18.4 Å². The molecule has 0 fully saturated rings. The van der Waals surface area contributed by atoms with Crippen molar-refractivity contribution in [1.82, 2.24) is 5.32 Å². The van der Waals surface area contributed by atoms with Crippen LogP contribution in [0.5, 0.6) is 0 Å². The van der Waals surface area contributed by atoms with Gasteiger partial charge in [-0.25, -0.2) is 0 Å². The number of nitrogens with one attached hydrogen (secondary N) is 1. The summed E-state index contributed by atoms with van der Waals surface area (Å²) in [6.07, 6.45) is 60.6. The number of carbonyl (C=O) groups excluding carboxylic acids is 1. The van der Waals surface area contributed by atoms with Gasteiger partial charge in [0.1, 0.15) is 13.2 Å². The maximum absolute atomic E-state index is 13.0. The molecule has 8 nitrogen and oxygen atoms in total. The largest absolute Gasteiger partial charge is 0.756 e. The highest BCUT2D eigenvalue weighted by Gasteiger charge is 2.24. The van der Waals surface area contributed by atoms with Gasteiger partial charge in [-0.15, -0.1) is 0 Å². The van der Waals surface area contributed by atoms with Gasteiger partial charge in [0.05, 0.1) is 39.9 Å². The second-order valence-corrected chi connectivity index (χ2v) is 22.4. The van der Waals surface area contributed by atoms with Gasteiger partial charge in [0.25, 0.3) is 7.82 Å². The van der Waals surface area contributed by atoms with E-state index in [4.69, 9.17) is 9.05 Å². The highest BCUT2D eigenvalue weighted by atomic mass is 31.2. The average molecular weight is 954 g/mol. The highest BCUT2D eigenvalue weighted by Crippen LogP contribution is 2.38. The summed E-state index contributed by atoms with van der Waals surface area (Å²) in [7, 11) is 1.31. The van der Waals surface area contributed by atoms with E-state index in [1.165, 1.54) is 212 Å². The van der Waals surface area contributed by atoms with Crippen LogP contribution in [0.4, 0.5) is 0 Å². The number of carbonyl (C=O) groups is 1. The van der Waals surface area contributed by atoms with E-state index in [0.29, 0.717) is 23.9 Å². The van der Waals surface area contributed by atoms with Crippen molar-refractivity contribution in [1.29, 1.82) is 0 Å². The van der Waals surface area contributed by atoms with Gasteiger partial charge in [-0.1, -0.05) is 256 Å². The minimum atomic E-state index is -4.57. The molecule has 3 atom stereocenters. The molecule has 0 bridgehead atoms. The molecule has 0 saturated heterocycles. The fourth-order valence-corrected chi connectivity index (χ4v) is 9.38. The molecule has 66 heavy (non-hydrogen) atoms. The Kier molecular flexibility index (Phi) is 48.2. The topological polar surface area (TPSA) is 108 Å². The molecule has 0 aliphatic heterocycles. The van der Waals surface area contributed by atoms with E-state index >= 15 is 0 Å². The molecule has 0 heterocycles. The summed E-state index contributed by atoms with van der Waals surface area (Å²) in [6, 6.07) is -0.802. The monoisotopic (exact) mass is 953 g/mol. The Bertz CT molecular complexity index is 1130. The lowest BCUT2D eigenvalue weighted by molar-refractivity contribution is -0.870. The number of allylic oxidation sites excluding steroid dienone is 4. The lowest BCUT2D eigenvalue weighted by Crippen LogP contribution is -2.46. The lowest BCUT2D eigenvalue weighted by atomic mass is 10.0. The van der Waals surface area contributed by atoms with Crippen LogP contribution in [0.2, 0.25) is 0 Å². The third-order valence-corrected chi connectivity index (χ3v) is 14.2. The Morgan fingerprint density at radius 1 is 0.530 bits per heavy atom. The molecule has 1 amide bonds. The molecule has 0 radical (unpaired) electrons. The lowest BCUT2D eigenvalue weighted by Gasteiger charge is -2.30. The van der Waals surface area contributed by atoms with Crippen LogP contribution in [0.1, 0.15) is 284 Å². The minimum absolute atomic E-state index is 0.0125. The second kappa shape index (κ2) is 49.0. The smallest absolute Gasteiger partial charge is 0.268 e. The Hall–Kier alpha value is -1.02. The van der Waals surface area contributed by atoms with E-state index < -0.39 is 20.0 Å². The van der Waals surface area contributed by atoms with E-state index in [-0.39, 0.29) is 19.1 Å². The number of phosphoric ester groups is 1. The van der Waals surface area contributed by atoms with Crippen molar-refractivity contribution < 1.29 is 32.9 Å². The molecule has 0 aromatic rings. The molecular weight excluding hydrogens is 840 g/mol. The number of hydrogen-bond donors (Lipinski definition) is 2. The van der Waals surface area contributed by atoms with Crippen molar-refractivity contribution in [3.8, 4) is 0 Å². The van der Waals surface area contributed by atoms with Gasteiger partial charge < -0.3 is 28.8 Å². The molecule has 0 saturated carbocycles.